The number of carbonyl (C=O) groups is 4. The molecule has 1 heterocycles. The Morgan fingerprint density at radius 2 is 1.75 bits per heavy atom. The molecule has 1 atom stereocenters. The summed E-state index contributed by atoms with van der Waals surface area (Å²) < 4.78 is 0. The van der Waals surface area contributed by atoms with E-state index in [1.54, 1.807) is 24.3 Å². The molecule has 0 radical (unpaired) electrons. The summed E-state index contributed by atoms with van der Waals surface area (Å²) in [7, 11) is 0. The van der Waals surface area contributed by atoms with Gasteiger partial charge >= 0.3 is 5.97 Å². The molecule has 7 nitrogen and oxygen atoms in total. The number of carboxylic acid groups (broad SMARTS) is 1. The molecule has 1 aliphatic heterocycles. The summed E-state index contributed by atoms with van der Waals surface area (Å²) in [4.78, 5) is 49.7. The Bertz CT molecular complexity index is 968. The first-order chi connectivity index (χ1) is 13.4. The van der Waals surface area contributed by atoms with Gasteiger partial charge in [-0.15, -0.1) is 6.58 Å². The zero-order chi connectivity index (χ0) is 20.3. The Balaban J connectivity index is 1.80. The molecule has 7 heteroatoms. The number of nitrogens with zero attached hydrogens (tertiary/aromatic N) is 1. The Kier molecular flexibility index (Phi) is 5.35. The van der Waals surface area contributed by atoms with Crippen LogP contribution in [-0.4, -0.2) is 46.3 Å². The zero-order valence-electron chi connectivity index (χ0n) is 14.9. The lowest BCUT2D eigenvalue weighted by Crippen LogP contribution is -2.42. The third kappa shape index (κ3) is 3.68. The van der Waals surface area contributed by atoms with Gasteiger partial charge in [0.25, 0.3) is 17.7 Å². The Morgan fingerprint density at radius 1 is 1.07 bits per heavy atom. The standard InChI is InChI=1S/C21H18N2O5/c1-2-10-23-19(25)15-9-8-14(12-16(15)20(23)26)18(24)22-17(21(27)28)11-13-6-4-3-5-7-13/h2-9,12,17H,1,10-11H2,(H,22,24)(H,27,28). The number of nitrogens with one attached hydrogen (secondary N) is 1. The molecule has 0 spiro atoms. The van der Waals surface area contributed by atoms with E-state index in [0.717, 1.165) is 10.5 Å². The predicted molar refractivity (Wildman–Crippen MR) is 101 cm³/mol. The topological polar surface area (TPSA) is 104 Å². The molecule has 1 aliphatic rings. The number of rotatable bonds is 7. The molecule has 0 saturated heterocycles. The van der Waals surface area contributed by atoms with Crippen LogP contribution in [0.1, 0.15) is 36.6 Å². The van der Waals surface area contributed by atoms with Gasteiger partial charge in [0.05, 0.1) is 11.1 Å². The van der Waals surface area contributed by atoms with E-state index in [-0.39, 0.29) is 29.7 Å². The van der Waals surface area contributed by atoms with Crippen LogP contribution in [0.15, 0.2) is 61.2 Å². The first-order valence-corrected chi connectivity index (χ1v) is 8.61. The predicted octanol–water partition coefficient (Wildman–Crippen LogP) is 1.89. The number of aliphatic carboxylic acids is 1. The number of carboxylic acids is 1. The smallest absolute Gasteiger partial charge is 0.326 e. The normalized spacial score (nSPS) is 13.8. The first kappa shape index (κ1) is 19.0. The van der Waals surface area contributed by atoms with Gasteiger partial charge in [-0.25, -0.2) is 4.79 Å². The second-order valence-corrected chi connectivity index (χ2v) is 6.32. The number of fused-ring (bicyclic) bond motifs is 1. The minimum Gasteiger partial charge on any atom is -0.480 e. The van der Waals surface area contributed by atoms with Crippen molar-refractivity contribution in [2.24, 2.45) is 0 Å². The monoisotopic (exact) mass is 378 g/mol. The van der Waals surface area contributed by atoms with Gasteiger partial charge in [0.15, 0.2) is 0 Å². The summed E-state index contributed by atoms with van der Waals surface area (Å²) in [5, 5.41) is 11.9. The van der Waals surface area contributed by atoms with Gasteiger partial charge in [-0.2, -0.15) is 0 Å². The molecule has 3 rings (SSSR count). The van der Waals surface area contributed by atoms with E-state index in [2.05, 4.69) is 11.9 Å². The molecule has 0 aliphatic carbocycles. The average Bonchev–Trinajstić information content (AvgIpc) is 2.93. The molecule has 1 unspecified atom stereocenters. The maximum Gasteiger partial charge on any atom is 0.326 e. The van der Waals surface area contributed by atoms with E-state index in [1.165, 1.54) is 24.3 Å². The Hall–Kier alpha value is -3.74. The summed E-state index contributed by atoms with van der Waals surface area (Å²) >= 11 is 0. The van der Waals surface area contributed by atoms with E-state index in [4.69, 9.17) is 0 Å². The van der Waals surface area contributed by atoms with Crippen molar-refractivity contribution in [3.8, 4) is 0 Å². The van der Waals surface area contributed by atoms with Crippen molar-refractivity contribution >= 4 is 23.7 Å². The highest BCUT2D eigenvalue weighted by atomic mass is 16.4. The highest BCUT2D eigenvalue weighted by Crippen LogP contribution is 2.24. The van der Waals surface area contributed by atoms with Crippen LogP contribution in [0.25, 0.3) is 0 Å². The van der Waals surface area contributed by atoms with Crippen LogP contribution in [-0.2, 0) is 11.2 Å². The quantitative estimate of drug-likeness (QED) is 0.566. The molecule has 2 aromatic rings. The van der Waals surface area contributed by atoms with E-state index in [9.17, 15) is 24.3 Å². The van der Waals surface area contributed by atoms with Crippen molar-refractivity contribution in [2.75, 3.05) is 6.54 Å². The van der Waals surface area contributed by atoms with Crippen LogP contribution in [0.4, 0.5) is 0 Å². The lowest BCUT2D eigenvalue weighted by atomic mass is 10.0. The first-order valence-electron chi connectivity index (χ1n) is 8.61. The summed E-state index contributed by atoms with van der Waals surface area (Å²) in [5.41, 5.74) is 1.21. The highest BCUT2D eigenvalue weighted by molar-refractivity contribution is 6.22. The van der Waals surface area contributed by atoms with Crippen LogP contribution < -0.4 is 5.32 Å². The Labute approximate surface area is 161 Å². The van der Waals surface area contributed by atoms with Crippen LogP contribution >= 0.6 is 0 Å². The molecular weight excluding hydrogens is 360 g/mol. The van der Waals surface area contributed by atoms with Gasteiger partial charge in [0.1, 0.15) is 6.04 Å². The molecule has 142 valence electrons. The third-order valence-corrected chi connectivity index (χ3v) is 4.43. The fourth-order valence-corrected chi connectivity index (χ4v) is 3.02. The largest absolute Gasteiger partial charge is 0.480 e. The summed E-state index contributed by atoms with van der Waals surface area (Å²) in [5.74, 6) is -2.75. The third-order valence-electron chi connectivity index (χ3n) is 4.43. The van der Waals surface area contributed by atoms with E-state index in [1.807, 2.05) is 6.07 Å². The maximum atomic E-state index is 12.5. The molecule has 2 aromatic carbocycles. The van der Waals surface area contributed by atoms with Crippen LogP contribution in [0.5, 0.6) is 0 Å². The van der Waals surface area contributed by atoms with Crippen molar-refractivity contribution < 1.29 is 24.3 Å². The molecule has 0 bridgehead atoms. The lowest BCUT2D eigenvalue weighted by molar-refractivity contribution is -0.139. The lowest BCUT2D eigenvalue weighted by Gasteiger charge is -2.15. The van der Waals surface area contributed by atoms with E-state index >= 15 is 0 Å². The van der Waals surface area contributed by atoms with Crippen molar-refractivity contribution in [1.29, 1.82) is 0 Å². The van der Waals surface area contributed by atoms with Crippen molar-refractivity contribution in [3.05, 3.63) is 83.4 Å². The van der Waals surface area contributed by atoms with Crippen molar-refractivity contribution in [3.63, 3.8) is 0 Å². The summed E-state index contributed by atoms with van der Waals surface area (Å²) in [6, 6.07) is 11.9. The Morgan fingerprint density at radius 3 is 2.39 bits per heavy atom. The number of carbonyl (C=O) groups excluding carboxylic acids is 3. The van der Waals surface area contributed by atoms with Gasteiger partial charge in [0.2, 0.25) is 0 Å². The van der Waals surface area contributed by atoms with Crippen LogP contribution in [0.3, 0.4) is 0 Å². The zero-order valence-corrected chi connectivity index (χ0v) is 14.9. The number of hydrogen-bond donors (Lipinski definition) is 2. The van der Waals surface area contributed by atoms with Gasteiger partial charge < -0.3 is 10.4 Å². The second kappa shape index (κ2) is 7.87. The van der Waals surface area contributed by atoms with Crippen LogP contribution in [0.2, 0.25) is 0 Å². The maximum absolute atomic E-state index is 12.5. The van der Waals surface area contributed by atoms with E-state index in [0.29, 0.717) is 0 Å². The number of imide groups is 1. The fraction of sp³-hybridized carbons (Fsp3) is 0.143. The molecule has 0 saturated carbocycles. The minimum atomic E-state index is -1.17. The van der Waals surface area contributed by atoms with Crippen LogP contribution in [0, 0.1) is 0 Å². The molecule has 0 fully saturated rings. The average molecular weight is 378 g/mol. The molecule has 0 aromatic heterocycles. The molecule has 28 heavy (non-hydrogen) atoms. The van der Waals surface area contributed by atoms with Crippen molar-refractivity contribution in [1.82, 2.24) is 10.2 Å². The van der Waals surface area contributed by atoms with Gasteiger partial charge in [-0.3, -0.25) is 19.3 Å². The number of hydrogen-bond acceptors (Lipinski definition) is 4. The summed E-state index contributed by atoms with van der Waals surface area (Å²) in [6.07, 6.45) is 1.56. The minimum absolute atomic E-state index is 0.0754. The molecule has 3 amide bonds. The van der Waals surface area contributed by atoms with E-state index < -0.39 is 29.7 Å². The van der Waals surface area contributed by atoms with Gasteiger partial charge in [0, 0.05) is 18.5 Å². The second-order valence-electron chi connectivity index (χ2n) is 6.32. The number of amides is 3. The highest BCUT2D eigenvalue weighted by Gasteiger charge is 2.35. The van der Waals surface area contributed by atoms with Gasteiger partial charge in [-0.1, -0.05) is 36.4 Å². The van der Waals surface area contributed by atoms with Gasteiger partial charge in [-0.05, 0) is 23.8 Å². The summed E-state index contributed by atoms with van der Waals surface area (Å²) in [6.45, 7) is 3.59. The fourth-order valence-electron chi connectivity index (χ4n) is 3.02. The van der Waals surface area contributed by atoms with Crippen molar-refractivity contribution in [2.45, 2.75) is 12.5 Å². The molecular formula is C21H18N2O5. The number of benzene rings is 2. The molecule has 2 N–H and O–H groups in total. The SMILES string of the molecule is C=CCN1C(=O)c2ccc(C(=O)NC(Cc3ccccc3)C(=O)O)cc2C1=O.